The summed E-state index contributed by atoms with van der Waals surface area (Å²) in [6.45, 7) is 0. The number of carboxylic acid groups (broad SMARTS) is 1. The number of hydrogen-bond donors (Lipinski definition) is 2. The first-order valence-corrected chi connectivity index (χ1v) is 4.57. The SMILES string of the molecule is O=C(O)Nc1ccn(-c2cc(F)cc(F)c2)n1. The fraction of sp³-hybridized carbons (Fsp3) is 0. The molecule has 0 spiro atoms. The first-order chi connectivity index (χ1) is 8.04. The summed E-state index contributed by atoms with van der Waals surface area (Å²) >= 11 is 0. The van der Waals surface area contributed by atoms with Crippen LogP contribution in [0.25, 0.3) is 5.69 Å². The van der Waals surface area contributed by atoms with Gasteiger partial charge in [-0.3, -0.25) is 5.32 Å². The molecule has 0 bridgehead atoms. The molecule has 1 aromatic heterocycles. The van der Waals surface area contributed by atoms with E-state index in [1.54, 1.807) is 0 Å². The largest absolute Gasteiger partial charge is 0.465 e. The molecule has 1 aromatic carbocycles. The molecular weight excluding hydrogens is 232 g/mol. The van der Waals surface area contributed by atoms with Crippen LogP contribution in [0.3, 0.4) is 0 Å². The quantitative estimate of drug-likeness (QED) is 0.844. The van der Waals surface area contributed by atoms with Gasteiger partial charge < -0.3 is 5.11 Å². The van der Waals surface area contributed by atoms with Crippen molar-refractivity contribution in [2.45, 2.75) is 0 Å². The molecule has 0 aliphatic heterocycles. The van der Waals surface area contributed by atoms with E-state index in [0.717, 1.165) is 22.9 Å². The fourth-order valence-electron chi connectivity index (χ4n) is 1.32. The molecule has 5 nitrogen and oxygen atoms in total. The van der Waals surface area contributed by atoms with Crippen LogP contribution in [0.5, 0.6) is 0 Å². The Kier molecular flexibility index (Phi) is 2.73. The predicted molar refractivity (Wildman–Crippen MR) is 55.1 cm³/mol. The van der Waals surface area contributed by atoms with Crippen LogP contribution >= 0.6 is 0 Å². The van der Waals surface area contributed by atoms with Gasteiger partial charge >= 0.3 is 6.09 Å². The fourth-order valence-corrected chi connectivity index (χ4v) is 1.32. The molecular formula is C10H7F2N3O2. The Bertz CT molecular complexity index is 548. The Hall–Kier alpha value is -2.44. The number of halogens is 2. The van der Waals surface area contributed by atoms with Crippen molar-refractivity contribution in [2.75, 3.05) is 5.32 Å². The maximum atomic E-state index is 12.9. The standard InChI is InChI=1S/C10H7F2N3O2/c11-6-3-7(12)5-8(4-6)15-2-1-9(14-15)13-10(16)17/h1-5H,(H,13,14)(H,16,17). The van der Waals surface area contributed by atoms with Crippen molar-refractivity contribution in [3.63, 3.8) is 0 Å². The van der Waals surface area contributed by atoms with Crippen molar-refractivity contribution >= 4 is 11.9 Å². The molecule has 1 amide bonds. The van der Waals surface area contributed by atoms with Gasteiger partial charge in [0.2, 0.25) is 0 Å². The zero-order valence-electron chi connectivity index (χ0n) is 8.39. The van der Waals surface area contributed by atoms with Gasteiger partial charge in [-0.25, -0.2) is 18.3 Å². The molecule has 0 radical (unpaired) electrons. The summed E-state index contributed by atoms with van der Waals surface area (Å²) in [5, 5.41) is 14.3. The van der Waals surface area contributed by atoms with E-state index < -0.39 is 17.7 Å². The first-order valence-electron chi connectivity index (χ1n) is 4.57. The van der Waals surface area contributed by atoms with Crippen LogP contribution in [0, 0.1) is 11.6 Å². The van der Waals surface area contributed by atoms with E-state index in [4.69, 9.17) is 5.11 Å². The molecule has 2 aromatic rings. The second kappa shape index (κ2) is 4.20. The van der Waals surface area contributed by atoms with Crippen molar-refractivity contribution in [1.82, 2.24) is 9.78 Å². The third kappa shape index (κ3) is 2.57. The van der Waals surface area contributed by atoms with Gasteiger partial charge in [0.05, 0.1) is 5.69 Å². The normalized spacial score (nSPS) is 10.2. The van der Waals surface area contributed by atoms with E-state index >= 15 is 0 Å². The highest BCUT2D eigenvalue weighted by molar-refractivity contribution is 5.81. The van der Waals surface area contributed by atoms with Gasteiger partial charge in [0.25, 0.3) is 0 Å². The molecule has 0 fully saturated rings. The molecule has 0 aliphatic rings. The monoisotopic (exact) mass is 239 g/mol. The van der Waals surface area contributed by atoms with E-state index in [1.807, 2.05) is 5.32 Å². The number of aromatic nitrogens is 2. The Morgan fingerprint density at radius 2 is 1.94 bits per heavy atom. The average molecular weight is 239 g/mol. The van der Waals surface area contributed by atoms with Crippen LogP contribution in [0.1, 0.15) is 0 Å². The molecule has 2 rings (SSSR count). The van der Waals surface area contributed by atoms with Crippen molar-refractivity contribution in [2.24, 2.45) is 0 Å². The molecule has 17 heavy (non-hydrogen) atoms. The zero-order chi connectivity index (χ0) is 12.4. The molecule has 0 saturated heterocycles. The summed E-state index contributed by atoms with van der Waals surface area (Å²) in [7, 11) is 0. The minimum absolute atomic E-state index is 0.0715. The maximum absolute atomic E-state index is 12.9. The number of amides is 1. The molecule has 0 saturated carbocycles. The van der Waals surface area contributed by atoms with Gasteiger partial charge in [-0.15, -0.1) is 5.10 Å². The summed E-state index contributed by atoms with van der Waals surface area (Å²) in [5.41, 5.74) is 0.168. The van der Waals surface area contributed by atoms with Crippen LogP contribution in [0.4, 0.5) is 19.4 Å². The highest BCUT2D eigenvalue weighted by Gasteiger charge is 2.06. The highest BCUT2D eigenvalue weighted by Crippen LogP contribution is 2.13. The lowest BCUT2D eigenvalue weighted by Crippen LogP contribution is -2.08. The van der Waals surface area contributed by atoms with Gasteiger partial charge in [-0.05, 0) is 12.1 Å². The second-order valence-electron chi connectivity index (χ2n) is 3.20. The molecule has 2 N–H and O–H groups in total. The lowest BCUT2D eigenvalue weighted by atomic mass is 10.3. The summed E-state index contributed by atoms with van der Waals surface area (Å²) < 4.78 is 27.0. The molecule has 0 aliphatic carbocycles. The van der Waals surface area contributed by atoms with E-state index in [0.29, 0.717) is 0 Å². The second-order valence-corrected chi connectivity index (χ2v) is 3.20. The Morgan fingerprint density at radius 3 is 2.53 bits per heavy atom. The minimum atomic E-state index is -1.26. The van der Waals surface area contributed by atoms with Crippen molar-refractivity contribution < 1.29 is 18.7 Å². The van der Waals surface area contributed by atoms with Crippen molar-refractivity contribution in [3.8, 4) is 5.69 Å². The Labute approximate surface area is 94.3 Å². The van der Waals surface area contributed by atoms with Gasteiger partial charge in [-0.2, -0.15) is 0 Å². The maximum Gasteiger partial charge on any atom is 0.410 e. The van der Waals surface area contributed by atoms with Crippen molar-refractivity contribution in [1.29, 1.82) is 0 Å². The van der Waals surface area contributed by atoms with E-state index in [9.17, 15) is 13.6 Å². The highest BCUT2D eigenvalue weighted by atomic mass is 19.1. The number of nitrogens with zero attached hydrogens (tertiary/aromatic N) is 2. The van der Waals surface area contributed by atoms with Crippen LogP contribution in [-0.2, 0) is 0 Å². The molecule has 1 heterocycles. The Morgan fingerprint density at radius 1 is 1.29 bits per heavy atom. The van der Waals surface area contributed by atoms with Gasteiger partial charge in [-0.1, -0.05) is 0 Å². The topological polar surface area (TPSA) is 67.2 Å². The lowest BCUT2D eigenvalue weighted by Gasteiger charge is -2.01. The van der Waals surface area contributed by atoms with Crippen LogP contribution in [0.15, 0.2) is 30.5 Å². The van der Waals surface area contributed by atoms with Gasteiger partial charge in [0.15, 0.2) is 5.82 Å². The molecule has 0 unspecified atom stereocenters. The lowest BCUT2D eigenvalue weighted by molar-refractivity contribution is 0.209. The van der Waals surface area contributed by atoms with Gasteiger partial charge in [0.1, 0.15) is 11.6 Å². The number of hydrogen-bond acceptors (Lipinski definition) is 2. The summed E-state index contributed by atoms with van der Waals surface area (Å²) in [4.78, 5) is 10.3. The van der Waals surface area contributed by atoms with Crippen LogP contribution < -0.4 is 5.32 Å². The molecule has 88 valence electrons. The van der Waals surface area contributed by atoms with E-state index in [1.165, 1.54) is 12.3 Å². The van der Waals surface area contributed by atoms with E-state index in [2.05, 4.69) is 5.10 Å². The number of anilines is 1. The van der Waals surface area contributed by atoms with Gasteiger partial charge in [0, 0.05) is 18.3 Å². The number of rotatable bonds is 2. The number of carbonyl (C=O) groups is 1. The molecule has 0 atom stereocenters. The summed E-state index contributed by atoms with van der Waals surface area (Å²) in [6.07, 6.45) is 0.125. The number of benzene rings is 1. The third-order valence-electron chi connectivity index (χ3n) is 1.94. The van der Waals surface area contributed by atoms with E-state index in [-0.39, 0.29) is 11.5 Å². The van der Waals surface area contributed by atoms with Crippen LogP contribution in [0.2, 0.25) is 0 Å². The average Bonchev–Trinajstić information content (AvgIpc) is 2.63. The number of nitrogens with one attached hydrogen (secondary N) is 1. The minimum Gasteiger partial charge on any atom is -0.465 e. The summed E-state index contributed by atoms with van der Waals surface area (Å²) in [6, 6.07) is 4.28. The zero-order valence-corrected chi connectivity index (χ0v) is 8.39. The third-order valence-corrected chi connectivity index (χ3v) is 1.94. The smallest absolute Gasteiger partial charge is 0.410 e. The molecule has 7 heteroatoms. The van der Waals surface area contributed by atoms with Crippen LogP contribution in [-0.4, -0.2) is 21.0 Å². The first kappa shape index (κ1) is 11.1. The predicted octanol–water partition coefficient (Wildman–Crippen LogP) is 2.24. The summed E-state index contributed by atoms with van der Waals surface area (Å²) in [5.74, 6) is -1.39. The van der Waals surface area contributed by atoms with Crippen molar-refractivity contribution in [3.05, 3.63) is 42.1 Å². The Balaban J connectivity index is 2.33.